The molecule has 2 aromatic carbocycles. The van der Waals surface area contributed by atoms with E-state index in [0.29, 0.717) is 11.5 Å². The zero-order valence-corrected chi connectivity index (χ0v) is 11.6. The summed E-state index contributed by atoms with van der Waals surface area (Å²) in [6.45, 7) is 0.757. The Labute approximate surface area is 123 Å². The molecule has 1 unspecified atom stereocenters. The molecule has 1 atom stereocenters. The van der Waals surface area contributed by atoms with E-state index in [-0.39, 0.29) is 5.91 Å². The van der Waals surface area contributed by atoms with E-state index in [0.717, 1.165) is 18.8 Å². The van der Waals surface area contributed by atoms with Crippen LogP contribution in [-0.4, -0.2) is 18.3 Å². The maximum absolute atomic E-state index is 11.9. The number of amidine groups is 1. The molecule has 2 aromatic rings. The van der Waals surface area contributed by atoms with Crippen LogP contribution in [0.15, 0.2) is 65.7 Å². The maximum atomic E-state index is 11.9. The predicted molar refractivity (Wildman–Crippen MR) is 83.1 cm³/mol. The molecule has 3 rings (SSSR count). The van der Waals surface area contributed by atoms with Crippen molar-refractivity contribution >= 4 is 11.7 Å². The normalized spacial score (nSPS) is 17.1. The molecule has 0 spiro atoms. The molecule has 4 heteroatoms. The molecule has 0 fully saturated rings. The quantitative estimate of drug-likeness (QED) is 0.830. The van der Waals surface area contributed by atoms with Crippen molar-refractivity contribution in [2.45, 2.75) is 12.3 Å². The number of nitrogens with zero attached hydrogens (tertiary/aromatic N) is 1. The monoisotopic (exact) mass is 279 g/mol. The molecule has 0 aromatic heterocycles. The summed E-state index contributed by atoms with van der Waals surface area (Å²) in [5, 5.41) is 0. The second-order valence-electron chi connectivity index (χ2n) is 5.04. The van der Waals surface area contributed by atoms with Crippen LogP contribution in [0.5, 0.6) is 0 Å². The van der Waals surface area contributed by atoms with Crippen LogP contribution in [0.3, 0.4) is 0 Å². The lowest BCUT2D eigenvalue weighted by Crippen LogP contribution is -2.41. The van der Waals surface area contributed by atoms with Crippen molar-refractivity contribution in [2.24, 2.45) is 4.99 Å². The summed E-state index contributed by atoms with van der Waals surface area (Å²) in [5.41, 5.74) is 7.54. The van der Waals surface area contributed by atoms with Gasteiger partial charge in [-0.3, -0.25) is 20.6 Å². The highest BCUT2D eigenvalue weighted by molar-refractivity contribution is 5.96. The van der Waals surface area contributed by atoms with Crippen LogP contribution >= 0.6 is 0 Å². The van der Waals surface area contributed by atoms with Crippen molar-refractivity contribution in [3.8, 4) is 0 Å². The zero-order valence-electron chi connectivity index (χ0n) is 11.6. The van der Waals surface area contributed by atoms with Gasteiger partial charge in [-0.1, -0.05) is 48.5 Å². The number of hydrogen-bond donors (Lipinski definition) is 2. The highest BCUT2D eigenvalue weighted by atomic mass is 16.2. The van der Waals surface area contributed by atoms with E-state index in [1.165, 1.54) is 5.56 Å². The first-order chi connectivity index (χ1) is 10.3. The Hall–Kier alpha value is -2.62. The van der Waals surface area contributed by atoms with Crippen molar-refractivity contribution in [2.75, 3.05) is 6.54 Å². The van der Waals surface area contributed by atoms with Crippen LogP contribution in [0.2, 0.25) is 0 Å². The number of benzene rings is 2. The Bertz CT molecular complexity index is 638. The molecule has 0 saturated heterocycles. The third-order valence-electron chi connectivity index (χ3n) is 3.57. The van der Waals surface area contributed by atoms with E-state index in [2.05, 4.69) is 28.0 Å². The van der Waals surface area contributed by atoms with Gasteiger partial charge in [-0.25, -0.2) is 0 Å². The van der Waals surface area contributed by atoms with E-state index in [4.69, 9.17) is 0 Å². The Morgan fingerprint density at radius 1 is 1.00 bits per heavy atom. The Morgan fingerprint density at radius 2 is 1.67 bits per heavy atom. The van der Waals surface area contributed by atoms with E-state index >= 15 is 0 Å². The summed E-state index contributed by atoms with van der Waals surface area (Å²) in [6.07, 6.45) is 0.819. The second kappa shape index (κ2) is 6.22. The van der Waals surface area contributed by atoms with Crippen molar-refractivity contribution in [1.29, 1.82) is 0 Å². The average molecular weight is 279 g/mol. The molecule has 0 radical (unpaired) electrons. The van der Waals surface area contributed by atoms with Crippen LogP contribution in [0, 0.1) is 0 Å². The van der Waals surface area contributed by atoms with Gasteiger partial charge in [0.25, 0.3) is 5.91 Å². The number of carbonyl (C=O) groups excluding carboxylic acids is 1. The van der Waals surface area contributed by atoms with Crippen molar-refractivity contribution < 1.29 is 4.79 Å². The lowest BCUT2D eigenvalue weighted by Gasteiger charge is -2.10. The molecule has 2 N–H and O–H groups in total. The van der Waals surface area contributed by atoms with Gasteiger partial charge in [-0.05, 0) is 17.7 Å². The smallest absolute Gasteiger partial charge is 0.269 e. The SMILES string of the molecule is O=C(NNC1=NCC(c2ccccc2)C1)c1ccccc1. The molecule has 0 bridgehead atoms. The number of hydrogen-bond acceptors (Lipinski definition) is 3. The van der Waals surface area contributed by atoms with Crippen LogP contribution < -0.4 is 10.9 Å². The molecule has 1 aliphatic rings. The summed E-state index contributed by atoms with van der Waals surface area (Å²) in [7, 11) is 0. The summed E-state index contributed by atoms with van der Waals surface area (Å²) in [6, 6.07) is 19.4. The van der Waals surface area contributed by atoms with E-state index < -0.39 is 0 Å². The molecule has 1 heterocycles. The standard InChI is InChI=1S/C17H17N3O/c21-17(14-9-5-2-6-10-14)20-19-16-11-15(12-18-16)13-7-3-1-4-8-13/h1-10,15H,11-12H2,(H,18,19)(H,20,21). The van der Waals surface area contributed by atoms with Gasteiger partial charge < -0.3 is 0 Å². The topological polar surface area (TPSA) is 53.5 Å². The van der Waals surface area contributed by atoms with E-state index in [1.54, 1.807) is 12.1 Å². The fourth-order valence-electron chi connectivity index (χ4n) is 2.41. The predicted octanol–water partition coefficient (Wildman–Crippen LogP) is 2.51. The molecule has 0 saturated carbocycles. The molecular weight excluding hydrogens is 262 g/mol. The fraction of sp³-hybridized carbons (Fsp3) is 0.176. The second-order valence-corrected chi connectivity index (χ2v) is 5.04. The Balaban J connectivity index is 1.53. The van der Waals surface area contributed by atoms with Crippen molar-refractivity contribution in [3.63, 3.8) is 0 Å². The number of hydrazine groups is 1. The number of amides is 1. The Kier molecular flexibility index (Phi) is 3.96. The van der Waals surface area contributed by atoms with Gasteiger partial charge in [0.15, 0.2) is 0 Å². The summed E-state index contributed by atoms with van der Waals surface area (Å²) < 4.78 is 0. The third kappa shape index (κ3) is 3.28. The van der Waals surface area contributed by atoms with Gasteiger partial charge in [0.2, 0.25) is 0 Å². The summed E-state index contributed by atoms with van der Waals surface area (Å²) in [5.74, 6) is 1.07. The van der Waals surface area contributed by atoms with Crippen molar-refractivity contribution in [1.82, 2.24) is 10.9 Å². The van der Waals surface area contributed by atoms with E-state index in [9.17, 15) is 4.79 Å². The molecule has 4 nitrogen and oxygen atoms in total. The average Bonchev–Trinajstić information content (AvgIpc) is 3.03. The highest BCUT2D eigenvalue weighted by Gasteiger charge is 2.20. The summed E-state index contributed by atoms with van der Waals surface area (Å²) >= 11 is 0. The van der Waals surface area contributed by atoms with Crippen LogP contribution in [-0.2, 0) is 0 Å². The lowest BCUT2D eigenvalue weighted by atomic mass is 9.98. The van der Waals surface area contributed by atoms with Gasteiger partial charge in [-0.2, -0.15) is 0 Å². The first kappa shape index (κ1) is 13.4. The van der Waals surface area contributed by atoms with Gasteiger partial charge >= 0.3 is 0 Å². The molecule has 106 valence electrons. The van der Waals surface area contributed by atoms with Gasteiger partial charge in [0.1, 0.15) is 5.84 Å². The fourth-order valence-corrected chi connectivity index (χ4v) is 2.41. The van der Waals surface area contributed by atoms with Crippen molar-refractivity contribution in [3.05, 3.63) is 71.8 Å². The first-order valence-corrected chi connectivity index (χ1v) is 7.02. The molecule has 21 heavy (non-hydrogen) atoms. The number of carbonyl (C=O) groups is 1. The lowest BCUT2D eigenvalue weighted by molar-refractivity contribution is 0.0943. The van der Waals surface area contributed by atoms with Gasteiger partial charge in [0.05, 0.1) is 0 Å². The van der Waals surface area contributed by atoms with Crippen LogP contribution in [0.1, 0.15) is 28.3 Å². The molecular formula is C17H17N3O. The first-order valence-electron chi connectivity index (χ1n) is 7.02. The zero-order chi connectivity index (χ0) is 14.5. The van der Waals surface area contributed by atoms with Gasteiger partial charge in [-0.15, -0.1) is 0 Å². The minimum absolute atomic E-state index is 0.151. The van der Waals surface area contributed by atoms with E-state index in [1.807, 2.05) is 36.4 Å². The summed E-state index contributed by atoms with van der Waals surface area (Å²) in [4.78, 5) is 16.4. The largest absolute Gasteiger partial charge is 0.285 e. The minimum atomic E-state index is -0.151. The number of aliphatic imine (C=N–C) groups is 1. The van der Waals surface area contributed by atoms with Gasteiger partial charge in [0, 0.05) is 24.4 Å². The number of nitrogens with one attached hydrogen (secondary N) is 2. The maximum Gasteiger partial charge on any atom is 0.269 e. The minimum Gasteiger partial charge on any atom is -0.285 e. The molecule has 0 aliphatic carbocycles. The molecule has 1 aliphatic heterocycles. The Morgan fingerprint density at radius 3 is 2.38 bits per heavy atom. The third-order valence-corrected chi connectivity index (χ3v) is 3.57. The highest BCUT2D eigenvalue weighted by Crippen LogP contribution is 2.24. The van der Waals surface area contributed by atoms with Crippen LogP contribution in [0.4, 0.5) is 0 Å². The number of rotatable bonds is 2. The molecule has 1 amide bonds. The van der Waals surface area contributed by atoms with Crippen LogP contribution in [0.25, 0.3) is 0 Å².